The minimum absolute atomic E-state index is 0.112. The van der Waals surface area contributed by atoms with E-state index in [-0.39, 0.29) is 11.8 Å². The Kier molecular flexibility index (Phi) is 6.93. The lowest BCUT2D eigenvalue weighted by molar-refractivity contribution is -0.131. The number of carbonyl (C=O) groups excluding carboxylic acids is 1. The van der Waals surface area contributed by atoms with Crippen LogP contribution in [0.3, 0.4) is 0 Å². The molecule has 2 aromatic heterocycles. The fourth-order valence-corrected chi connectivity index (χ4v) is 4.03. The molecule has 0 radical (unpaired) electrons. The van der Waals surface area contributed by atoms with Crippen molar-refractivity contribution in [1.29, 1.82) is 0 Å². The highest BCUT2D eigenvalue weighted by Crippen LogP contribution is 2.34. The van der Waals surface area contributed by atoms with Crippen molar-refractivity contribution in [3.8, 4) is 28.1 Å². The van der Waals surface area contributed by atoms with Gasteiger partial charge >= 0.3 is 0 Å². The van der Waals surface area contributed by atoms with Crippen LogP contribution in [0, 0.1) is 0 Å². The lowest BCUT2D eigenvalue weighted by Crippen LogP contribution is -2.35. The number of fused-ring (bicyclic) bond motifs is 1. The van der Waals surface area contributed by atoms with Gasteiger partial charge in [0, 0.05) is 42.8 Å². The topological polar surface area (TPSA) is 74.3 Å². The van der Waals surface area contributed by atoms with Gasteiger partial charge in [0.05, 0.1) is 13.0 Å². The molecule has 1 atom stereocenters. The van der Waals surface area contributed by atoms with Crippen molar-refractivity contribution in [2.45, 2.75) is 12.8 Å². The SMILES string of the molecule is COc1ccccc1-c1n[nH]c2ncc(-c3cccc(C(C)C(=O)N(C)CCN(C)C)c3)cc12. The second kappa shape index (κ2) is 10.1. The molecule has 1 unspecified atom stereocenters. The van der Waals surface area contributed by atoms with Gasteiger partial charge in [0.2, 0.25) is 5.91 Å². The number of nitrogens with zero attached hydrogens (tertiary/aromatic N) is 4. The van der Waals surface area contributed by atoms with Gasteiger partial charge < -0.3 is 14.5 Å². The van der Waals surface area contributed by atoms with E-state index >= 15 is 0 Å². The lowest BCUT2D eigenvalue weighted by atomic mass is 9.95. The summed E-state index contributed by atoms with van der Waals surface area (Å²) in [5, 5.41) is 8.45. The van der Waals surface area contributed by atoms with Gasteiger partial charge in [-0.25, -0.2) is 4.98 Å². The Morgan fingerprint density at radius 2 is 1.82 bits per heavy atom. The summed E-state index contributed by atoms with van der Waals surface area (Å²) in [5.41, 5.74) is 5.37. The Bertz CT molecular complexity index is 1300. The van der Waals surface area contributed by atoms with Gasteiger partial charge in [-0.3, -0.25) is 9.89 Å². The number of hydrogen-bond donors (Lipinski definition) is 1. The summed E-state index contributed by atoms with van der Waals surface area (Å²) in [6.07, 6.45) is 1.83. The Labute approximate surface area is 200 Å². The molecule has 0 bridgehead atoms. The van der Waals surface area contributed by atoms with Gasteiger partial charge in [-0.1, -0.05) is 36.4 Å². The second-order valence-corrected chi connectivity index (χ2v) is 8.80. The molecule has 1 amide bonds. The van der Waals surface area contributed by atoms with Crippen LogP contribution in [0.4, 0.5) is 0 Å². The number of nitrogens with one attached hydrogen (secondary N) is 1. The first-order valence-corrected chi connectivity index (χ1v) is 11.4. The predicted octanol–water partition coefficient (Wildman–Crippen LogP) is 4.42. The zero-order valence-corrected chi connectivity index (χ0v) is 20.4. The quantitative estimate of drug-likeness (QED) is 0.424. The third-order valence-corrected chi connectivity index (χ3v) is 6.13. The standard InChI is InChI=1S/C27H31N5O2/c1-18(27(33)32(4)14-13-31(2)3)19-9-8-10-20(15-19)21-16-23-25(29-30-26(23)28-17-21)22-11-6-7-12-24(22)34-5/h6-12,15-18H,13-14H2,1-5H3,(H,28,29,30). The average molecular weight is 458 g/mol. The molecule has 1 N–H and O–H groups in total. The minimum Gasteiger partial charge on any atom is -0.496 e. The van der Waals surface area contributed by atoms with Gasteiger partial charge in [0.1, 0.15) is 11.4 Å². The van der Waals surface area contributed by atoms with Gasteiger partial charge in [-0.05, 0) is 50.3 Å². The maximum absolute atomic E-state index is 13.0. The van der Waals surface area contributed by atoms with E-state index in [1.807, 2.05) is 76.7 Å². The lowest BCUT2D eigenvalue weighted by Gasteiger charge is -2.23. The monoisotopic (exact) mass is 457 g/mol. The third-order valence-electron chi connectivity index (χ3n) is 6.13. The van der Waals surface area contributed by atoms with E-state index in [1.165, 1.54) is 0 Å². The number of benzene rings is 2. The van der Waals surface area contributed by atoms with Crippen LogP contribution >= 0.6 is 0 Å². The summed E-state index contributed by atoms with van der Waals surface area (Å²) in [6.45, 7) is 3.49. The van der Waals surface area contributed by atoms with E-state index in [9.17, 15) is 4.79 Å². The van der Waals surface area contributed by atoms with Crippen LogP contribution in [0.5, 0.6) is 5.75 Å². The predicted molar refractivity (Wildman–Crippen MR) is 136 cm³/mol. The van der Waals surface area contributed by atoms with Crippen LogP contribution < -0.4 is 4.74 Å². The van der Waals surface area contributed by atoms with Gasteiger partial charge in [0.25, 0.3) is 0 Å². The van der Waals surface area contributed by atoms with E-state index < -0.39 is 0 Å². The molecule has 4 aromatic rings. The molecule has 34 heavy (non-hydrogen) atoms. The third kappa shape index (κ3) is 4.79. The first-order valence-electron chi connectivity index (χ1n) is 11.4. The smallest absolute Gasteiger partial charge is 0.229 e. The van der Waals surface area contributed by atoms with E-state index in [0.29, 0.717) is 12.2 Å². The number of rotatable bonds is 8. The Balaban J connectivity index is 1.65. The maximum Gasteiger partial charge on any atom is 0.229 e. The molecule has 0 aliphatic rings. The maximum atomic E-state index is 13.0. The molecule has 0 aliphatic heterocycles. The Hall–Kier alpha value is -3.71. The van der Waals surface area contributed by atoms with Crippen molar-refractivity contribution in [1.82, 2.24) is 25.0 Å². The fraction of sp³-hybridized carbons (Fsp3) is 0.296. The zero-order chi connectivity index (χ0) is 24.2. The molecule has 0 aliphatic carbocycles. The summed E-state index contributed by atoms with van der Waals surface area (Å²) < 4.78 is 5.53. The molecular weight excluding hydrogens is 426 g/mol. The number of aromatic amines is 1. The number of hydrogen-bond acceptors (Lipinski definition) is 5. The van der Waals surface area contributed by atoms with E-state index in [1.54, 1.807) is 12.0 Å². The average Bonchev–Trinajstić information content (AvgIpc) is 3.29. The first kappa shape index (κ1) is 23.4. The van der Waals surface area contributed by atoms with Crippen LogP contribution in [0.15, 0.2) is 60.8 Å². The summed E-state index contributed by atoms with van der Waals surface area (Å²) in [4.78, 5) is 21.5. The van der Waals surface area contributed by atoms with Crippen LogP contribution in [-0.2, 0) is 4.79 Å². The first-order chi connectivity index (χ1) is 16.4. The molecule has 0 spiro atoms. The molecule has 176 valence electrons. The van der Waals surface area contributed by atoms with Crippen molar-refractivity contribution >= 4 is 16.9 Å². The molecule has 0 fully saturated rings. The highest BCUT2D eigenvalue weighted by molar-refractivity contribution is 5.94. The van der Waals surface area contributed by atoms with E-state index in [4.69, 9.17) is 4.74 Å². The summed E-state index contributed by atoms with van der Waals surface area (Å²) in [5.74, 6) is 0.636. The van der Waals surface area contributed by atoms with Crippen LogP contribution in [0.2, 0.25) is 0 Å². The molecule has 7 nitrogen and oxygen atoms in total. The van der Waals surface area contributed by atoms with Gasteiger partial charge in [-0.2, -0.15) is 5.10 Å². The summed E-state index contributed by atoms with van der Waals surface area (Å²) >= 11 is 0. The summed E-state index contributed by atoms with van der Waals surface area (Å²) in [6, 6.07) is 18.0. The van der Waals surface area contributed by atoms with Crippen LogP contribution in [0.1, 0.15) is 18.4 Å². The van der Waals surface area contributed by atoms with Crippen molar-refractivity contribution in [2.24, 2.45) is 0 Å². The highest BCUT2D eigenvalue weighted by atomic mass is 16.5. The number of carbonyl (C=O) groups is 1. The molecule has 7 heteroatoms. The van der Waals surface area contributed by atoms with Crippen LogP contribution in [0.25, 0.3) is 33.4 Å². The number of aromatic nitrogens is 3. The van der Waals surface area contributed by atoms with Crippen LogP contribution in [-0.4, -0.2) is 72.2 Å². The number of likely N-dealkylation sites (N-methyl/N-ethyl adjacent to an activating group) is 2. The zero-order valence-electron chi connectivity index (χ0n) is 20.4. The van der Waals surface area contributed by atoms with E-state index in [2.05, 4.69) is 32.2 Å². The van der Waals surface area contributed by atoms with Crippen molar-refractivity contribution in [3.05, 3.63) is 66.4 Å². The largest absolute Gasteiger partial charge is 0.496 e. The molecule has 2 heterocycles. The van der Waals surface area contributed by atoms with Gasteiger partial charge in [0.15, 0.2) is 5.65 Å². The van der Waals surface area contributed by atoms with E-state index in [0.717, 1.165) is 45.6 Å². The number of para-hydroxylation sites is 1. The molecule has 2 aromatic carbocycles. The molecule has 0 saturated carbocycles. The van der Waals surface area contributed by atoms with Crippen molar-refractivity contribution < 1.29 is 9.53 Å². The molecule has 0 saturated heterocycles. The van der Waals surface area contributed by atoms with Gasteiger partial charge in [-0.15, -0.1) is 0 Å². The number of methoxy groups -OCH3 is 1. The summed E-state index contributed by atoms with van der Waals surface area (Å²) in [7, 11) is 7.54. The Morgan fingerprint density at radius 1 is 1.03 bits per heavy atom. The number of amides is 1. The number of pyridine rings is 1. The normalized spacial score (nSPS) is 12.2. The number of H-pyrrole nitrogens is 1. The second-order valence-electron chi connectivity index (χ2n) is 8.80. The van der Waals surface area contributed by atoms with Crippen molar-refractivity contribution in [2.75, 3.05) is 41.3 Å². The number of ether oxygens (including phenoxy) is 1. The Morgan fingerprint density at radius 3 is 2.59 bits per heavy atom. The molecule has 4 rings (SSSR count). The fourth-order valence-electron chi connectivity index (χ4n) is 4.03. The van der Waals surface area contributed by atoms with Crippen molar-refractivity contribution in [3.63, 3.8) is 0 Å². The molecular formula is C27H31N5O2. The minimum atomic E-state index is -0.234. The highest BCUT2D eigenvalue weighted by Gasteiger charge is 2.20.